The molecule has 2 heteroatoms. The Morgan fingerprint density at radius 3 is 1.61 bits per heavy atom. The van der Waals surface area contributed by atoms with Crippen molar-refractivity contribution in [3.05, 3.63) is 0 Å². The standard InChI is InChI=1S/C12H24.C4H10N.Al/c1-5-7-9-11(3)12(4)10-8-6-2;1-3-5-4-2;/h11-12H,3-10H2,1-2H3;3-4H2,1-2H3;/q;-1;+1/t11-,12-;;/m0../s1. The summed E-state index contributed by atoms with van der Waals surface area (Å²) in [5.74, 6) is 2.18. The van der Waals surface area contributed by atoms with Crippen molar-refractivity contribution in [2.24, 2.45) is 11.8 Å². The van der Waals surface area contributed by atoms with Crippen LogP contribution in [0.5, 0.6) is 0 Å². The summed E-state index contributed by atoms with van der Waals surface area (Å²) >= 11 is -0.564. The van der Waals surface area contributed by atoms with E-state index < -0.39 is 14.4 Å². The number of hydrogen-bond donors (Lipinski definition) is 0. The summed E-state index contributed by atoms with van der Waals surface area (Å²) in [7, 11) is 0. The molecular formula is C16H34AlN. The predicted molar refractivity (Wildman–Crippen MR) is 84.3 cm³/mol. The van der Waals surface area contributed by atoms with Crippen LogP contribution in [0.2, 0.25) is 10.6 Å². The van der Waals surface area contributed by atoms with Gasteiger partial charge >= 0.3 is 14.4 Å². The molecule has 0 unspecified atom stereocenters. The van der Waals surface area contributed by atoms with E-state index in [1.807, 2.05) is 0 Å². The Kier molecular flexibility index (Phi) is 8.65. The molecule has 1 aliphatic rings. The average Bonchev–Trinajstić information content (AvgIpc) is 2.78. The van der Waals surface area contributed by atoms with Crippen LogP contribution < -0.4 is 0 Å². The van der Waals surface area contributed by atoms with Crippen LogP contribution in [-0.4, -0.2) is 31.3 Å². The van der Waals surface area contributed by atoms with Gasteiger partial charge in [0.05, 0.1) is 0 Å². The van der Waals surface area contributed by atoms with Gasteiger partial charge in [0, 0.05) is 0 Å². The molecule has 0 amide bonds. The van der Waals surface area contributed by atoms with Gasteiger partial charge in [-0.2, -0.15) is 0 Å². The lowest BCUT2D eigenvalue weighted by atomic mass is 9.87. The minimum Gasteiger partial charge on any atom is -0.385 e. The maximum absolute atomic E-state index is 2.84. The molecule has 1 saturated heterocycles. The summed E-state index contributed by atoms with van der Waals surface area (Å²) in [6.45, 7) is 12.0. The number of rotatable bonds is 9. The highest BCUT2D eigenvalue weighted by Crippen LogP contribution is 2.40. The molecule has 18 heavy (non-hydrogen) atoms. The molecule has 0 aromatic heterocycles. The Bertz CT molecular complexity index is 187. The van der Waals surface area contributed by atoms with Crippen molar-refractivity contribution in [2.45, 2.75) is 76.8 Å². The molecule has 106 valence electrons. The van der Waals surface area contributed by atoms with Gasteiger partial charge in [-0.1, -0.05) is 88.6 Å². The first-order chi connectivity index (χ1) is 8.76. The Labute approximate surface area is 120 Å². The smallest absolute Gasteiger partial charge is 0.373 e. The predicted octanol–water partition coefficient (Wildman–Crippen LogP) is 4.95. The molecule has 0 aliphatic carbocycles. The number of hydrogen-bond acceptors (Lipinski definition) is 1. The van der Waals surface area contributed by atoms with Crippen LogP contribution in [0.25, 0.3) is 0 Å². The zero-order valence-corrected chi connectivity index (χ0v) is 14.4. The lowest BCUT2D eigenvalue weighted by Crippen LogP contribution is -2.37. The van der Waals surface area contributed by atoms with Crippen LogP contribution >= 0.6 is 0 Å². The largest absolute Gasteiger partial charge is 0.385 e. The van der Waals surface area contributed by atoms with Gasteiger partial charge in [-0.25, -0.2) is 0 Å². The van der Waals surface area contributed by atoms with Gasteiger partial charge < -0.3 is 3.88 Å². The van der Waals surface area contributed by atoms with Crippen molar-refractivity contribution in [3.63, 3.8) is 0 Å². The van der Waals surface area contributed by atoms with Crippen LogP contribution in [0.4, 0.5) is 0 Å². The first-order valence-electron chi connectivity index (χ1n) is 8.50. The lowest BCUT2D eigenvalue weighted by Gasteiger charge is -2.22. The molecular weight excluding hydrogens is 233 g/mol. The summed E-state index contributed by atoms with van der Waals surface area (Å²) in [6, 6.07) is 0. The van der Waals surface area contributed by atoms with Crippen molar-refractivity contribution in [2.75, 3.05) is 13.1 Å². The van der Waals surface area contributed by atoms with Crippen LogP contribution in [0, 0.1) is 11.8 Å². The highest BCUT2D eigenvalue weighted by molar-refractivity contribution is 6.56. The van der Waals surface area contributed by atoms with E-state index in [1.54, 1.807) is 10.6 Å². The van der Waals surface area contributed by atoms with E-state index in [-0.39, 0.29) is 0 Å². The van der Waals surface area contributed by atoms with Gasteiger partial charge in [0.15, 0.2) is 0 Å². The third-order valence-corrected chi connectivity index (χ3v) is 9.06. The van der Waals surface area contributed by atoms with Crippen LogP contribution in [-0.2, 0) is 0 Å². The van der Waals surface area contributed by atoms with Crippen molar-refractivity contribution >= 4 is 14.4 Å². The lowest BCUT2D eigenvalue weighted by molar-refractivity contribution is 0.348. The molecule has 0 aromatic rings. The van der Waals surface area contributed by atoms with Crippen molar-refractivity contribution in [1.29, 1.82) is 0 Å². The molecule has 0 bridgehead atoms. The van der Waals surface area contributed by atoms with Crippen molar-refractivity contribution in [3.8, 4) is 0 Å². The zero-order chi connectivity index (χ0) is 13.4. The van der Waals surface area contributed by atoms with Gasteiger partial charge in [0.1, 0.15) is 0 Å². The topological polar surface area (TPSA) is 3.24 Å². The second-order valence-corrected chi connectivity index (χ2v) is 9.13. The second-order valence-electron chi connectivity index (χ2n) is 6.15. The molecule has 1 fully saturated rings. The molecule has 1 nitrogen and oxygen atoms in total. The molecule has 1 heterocycles. The molecule has 2 atom stereocenters. The van der Waals surface area contributed by atoms with Crippen molar-refractivity contribution in [1.82, 2.24) is 3.88 Å². The van der Waals surface area contributed by atoms with E-state index in [2.05, 4.69) is 31.6 Å². The molecule has 0 radical (unpaired) electrons. The highest BCUT2D eigenvalue weighted by Gasteiger charge is 2.40. The molecule has 0 N–H and O–H groups in total. The first-order valence-corrected chi connectivity index (χ1v) is 10.7. The third kappa shape index (κ3) is 4.88. The van der Waals surface area contributed by atoms with E-state index >= 15 is 0 Å². The highest BCUT2D eigenvalue weighted by atomic mass is 27.2. The first kappa shape index (κ1) is 16.5. The molecule has 1 rings (SSSR count). The zero-order valence-electron chi connectivity index (χ0n) is 13.3. The van der Waals surface area contributed by atoms with Gasteiger partial charge in [-0.05, 0) is 13.1 Å². The fourth-order valence-electron chi connectivity index (χ4n) is 3.86. The van der Waals surface area contributed by atoms with Gasteiger partial charge in [-0.15, -0.1) is 0 Å². The minimum atomic E-state index is -0.564. The quantitative estimate of drug-likeness (QED) is 0.534. The Balaban J connectivity index is 2.51. The SMILES string of the molecule is CCCC[C@@H]1[CH2][Al]([N](CC)CC)[CH2][C@H]1CCCC. The van der Waals surface area contributed by atoms with Gasteiger partial charge in [0.25, 0.3) is 0 Å². The van der Waals surface area contributed by atoms with Crippen molar-refractivity contribution < 1.29 is 0 Å². The van der Waals surface area contributed by atoms with Gasteiger partial charge in [0.2, 0.25) is 0 Å². The summed E-state index contributed by atoms with van der Waals surface area (Å²) < 4.78 is 2.84. The molecule has 0 saturated carbocycles. The summed E-state index contributed by atoms with van der Waals surface area (Å²) in [5.41, 5.74) is 0. The maximum atomic E-state index is 2.84. The average molecular weight is 267 g/mol. The minimum absolute atomic E-state index is 0.564. The normalized spacial score (nSPS) is 24.2. The van der Waals surface area contributed by atoms with Crippen LogP contribution in [0.15, 0.2) is 0 Å². The van der Waals surface area contributed by atoms with E-state index in [0.717, 1.165) is 11.8 Å². The Morgan fingerprint density at radius 2 is 1.28 bits per heavy atom. The maximum Gasteiger partial charge on any atom is 0.373 e. The molecule has 0 aromatic carbocycles. The van der Waals surface area contributed by atoms with E-state index in [0.29, 0.717) is 0 Å². The summed E-state index contributed by atoms with van der Waals surface area (Å²) in [4.78, 5) is 0. The van der Waals surface area contributed by atoms with Crippen LogP contribution in [0.3, 0.4) is 0 Å². The number of unbranched alkanes of at least 4 members (excludes halogenated alkanes) is 2. The Morgan fingerprint density at radius 1 is 0.833 bits per heavy atom. The summed E-state index contributed by atoms with van der Waals surface area (Å²) in [6.07, 6.45) is 8.74. The second kappa shape index (κ2) is 9.40. The van der Waals surface area contributed by atoms with Crippen LogP contribution in [0.1, 0.15) is 66.2 Å². The van der Waals surface area contributed by atoms with E-state index in [9.17, 15) is 0 Å². The fourth-order valence-corrected chi connectivity index (χ4v) is 8.32. The third-order valence-electron chi connectivity index (χ3n) is 5.00. The van der Waals surface area contributed by atoms with E-state index in [1.165, 1.54) is 51.6 Å². The molecule has 1 aliphatic heterocycles. The monoisotopic (exact) mass is 267 g/mol. The summed E-state index contributed by atoms with van der Waals surface area (Å²) in [5, 5.41) is 3.24. The Hall–Kier alpha value is 0.492. The van der Waals surface area contributed by atoms with E-state index in [4.69, 9.17) is 0 Å². The molecule has 0 spiro atoms. The fraction of sp³-hybridized carbons (Fsp3) is 1.00. The number of nitrogens with zero attached hydrogens (tertiary/aromatic N) is 1. The van der Waals surface area contributed by atoms with Gasteiger partial charge in [-0.3, -0.25) is 0 Å².